The standard InChI is InChI=1S/C20H26N4OS/c1-13-19(14-4-8-23(13)9-5-14)22-20(25)16-10-15-17(24-6-2-3-7-24)12-26-18(15)11-21-16/h10-14,19H,2-9H2,1H3,(H,22,25). The number of rotatable bonds is 3. The third-order valence-corrected chi connectivity index (χ3v) is 7.52. The molecule has 2 bridgehead atoms. The summed E-state index contributed by atoms with van der Waals surface area (Å²) in [4.78, 5) is 22.3. The van der Waals surface area contributed by atoms with Crippen molar-refractivity contribution in [1.29, 1.82) is 0 Å². The van der Waals surface area contributed by atoms with Crippen molar-refractivity contribution in [1.82, 2.24) is 15.2 Å². The topological polar surface area (TPSA) is 48.5 Å². The van der Waals surface area contributed by atoms with Crippen LogP contribution in [-0.2, 0) is 0 Å². The van der Waals surface area contributed by atoms with Crippen molar-refractivity contribution in [2.75, 3.05) is 31.1 Å². The van der Waals surface area contributed by atoms with Crippen LogP contribution in [0.3, 0.4) is 0 Å². The Kier molecular flexibility index (Phi) is 4.13. The molecule has 26 heavy (non-hydrogen) atoms. The van der Waals surface area contributed by atoms with Gasteiger partial charge in [0.1, 0.15) is 5.69 Å². The Balaban J connectivity index is 1.39. The lowest BCUT2D eigenvalue weighted by Gasteiger charge is -2.49. The lowest BCUT2D eigenvalue weighted by molar-refractivity contribution is 0.0216. The molecule has 5 nitrogen and oxygen atoms in total. The van der Waals surface area contributed by atoms with E-state index in [0.29, 0.717) is 17.7 Å². The van der Waals surface area contributed by atoms with E-state index >= 15 is 0 Å². The summed E-state index contributed by atoms with van der Waals surface area (Å²) in [5.41, 5.74) is 1.83. The van der Waals surface area contributed by atoms with Gasteiger partial charge in [-0.2, -0.15) is 0 Å². The van der Waals surface area contributed by atoms with E-state index in [1.54, 1.807) is 11.3 Å². The molecular formula is C20H26N4OS. The highest BCUT2D eigenvalue weighted by molar-refractivity contribution is 7.17. The second kappa shape index (κ2) is 6.50. The van der Waals surface area contributed by atoms with Gasteiger partial charge in [-0.1, -0.05) is 0 Å². The molecule has 0 aliphatic carbocycles. The molecule has 0 radical (unpaired) electrons. The maximum Gasteiger partial charge on any atom is 0.270 e. The first-order valence-electron chi connectivity index (χ1n) is 9.88. The minimum Gasteiger partial charge on any atom is -0.370 e. The number of fused-ring (bicyclic) bond motifs is 4. The van der Waals surface area contributed by atoms with Crippen LogP contribution in [0.2, 0.25) is 0 Å². The minimum absolute atomic E-state index is 0.0175. The molecule has 2 aromatic rings. The second-order valence-electron chi connectivity index (χ2n) is 7.99. The van der Waals surface area contributed by atoms with E-state index in [1.165, 1.54) is 54.5 Å². The number of nitrogens with zero attached hydrogens (tertiary/aromatic N) is 3. The van der Waals surface area contributed by atoms with Gasteiger partial charge in [0.15, 0.2) is 0 Å². The molecule has 1 amide bonds. The van der Waals surface area contributed by atoms with Crippen LogP contribution >= 0.6 is 11.3 Å². The van der Waals surface area contributed by atoms with E-state index in [2.05, 4.69) is 32.4 Å². The van der Waals surface area contributed by atoms with Gasteiger partial charge in [0.25, 0.3) is 5.91 Å². The number of carbonyl (C=O) groups is 1. The number of thiophene rings is 1. The highest BCUT2D eigenvalue weighted by Crippen LogP contribution is 2.35. The highest BCUT2D eigenvalue weighted by Gasteiger charge is 2.40. The van der Waals surface area contributed by atoms with E-state index in [1.807, 2.05) is 12.3 Å². The number of piperidine rings is 3. The third-order valence-electron chi connectivity index (χ3n) is 6.60. The molecule has 6 rings (SSSR count). The normalized spacial score (nSPS) is 30.9. The average molecular weight is 371 g/mol. The molecule has 6 heterocycles. The summed E-state index contributed by atoms with van der Waals surface area (Å²) in [5.74, 6) is 0.597. The van der Waals surface area contributed by atoms with E-state index in [-0.39, 0.29) is 11.9 Å². The van der Waals surface area contributed by atoms with E-state index in [0.717, 1.165) is 13.1 Å². The Morgan fingerprint density at radius 3 is 2.73 bits per heavy atom. The number of hydrogen-bond donors (Lipinski definition) is 1. The van der Waals surface area contributed by atoms with Gasteiger partial charge < -0.3 is 10.2 Å². The smallest absolute Gasteiger partial charge is 0.270 e. The lowest BCUT2D eigenvalue weighted by Crippen LogP contribution is -2.62. The van der Waals surface area contributed by atoms with Gasteiger partial charge >= 0.3 is 0 Å². The Hall–Kier alpha value is -1.66. The van der Waals surface area contributed by atoms with Crippen LogP contribution in [0.1, 0.15) is 43.1 Å². The first-order valence-corrected chi connectivity index (χ1v) is 10.8. The number of pyridine rings is 1. The zero-order valence-corrected chi connectivity index (χ0v) is 16.1. The van der Waals surface area contributed by atoms with Gasteiger partial charge in [-0.3, -0.25) is 9.69 Å². The summed E-state index contributed by atoms with van der Waals surface area (Å²) in [6.07, 6.45) is 6.78. The molecule has 0 spiro atoms. The van der Waals surface area contributed by atoms with Gasteiger partial charge in [-0.15, -0.1) is 11.3 Å². The fourth-order valence-corrected chi connectivity index (χ4v) is 5.94. The number of nitrogens with one attached hydrogen (secondary N) is 1. The fraction of sp³-hybridized carbons (Fsp3) is 0.600. The van der Waals surface area contributed by atoms with Crippen LogP contribution in [0.25, 0.3) is 10.1 Å². The minimum atomic E-state index is -0.0175. The van der Waals surface area contributed by atoms with Gasteiger partial charge in [0.05, 0.1) is 10.4 Å². The summed E-state index contributed by atoms with van der Waals surface area (Å²) < 4.78 is 1.17. The molecule has 2 aromatic heterocycles. The predicted octanol–water partition coefficient (Wildman–Crippen LogP) is 3.11. The number of hydrogen-bond acceptors (Lipinski definition) is 5. The Morgan fingerprint density at radius 2 is 2.00 bits per heavy atom. The fourth-order valence-electron chi connectivity index (χ4n) is 5.02. The van der Waals surface area contributed by atoms with Gasteiger partial charge in [-0.05, 0) is 57.7 Å². The monoisotopic (exact) mass is 370 g/mol. The Labute approximate surface area is 158 Å². The molecular weight excluding hydrogens is 344 g/mol. The van der Waals surface area contributed by atoms with Crippen LogP contribution in [0.15, 0.2) is 17.6 Å². The molecule has 0 aromatic carbocycles. The zero-order chi connectivity index (χ0) is 17.7. The maximum atomic E-state index is 12.9. The van der Waals surface area contributed by atoms with Crippen molar-refractivity contribution >= 4 is 33.0 Å². The van der Waals surface area contributed by atoms with Crippen molar-refractivity contribution < 1.29 is 4.79 Å². The van der Waals surface area contributed by atoms with Crippen molar-refractivity contribution in [3.8, 4) is 0 Å². The summed E-state index contributed by atoms with van der Waals surface area (Å²) >= 11 is 1.72. The number of carbonyl (C=O) groups excluding carboxylic acids is 1. The first-order chi connectivity index (χ1) is 12.7. The zero-order valence-electron chi connectivity index (χ0n) is 15.3. The Morgan fingerprint density at radius 1 is 1.23 bits per heavy atom. The molecule has 6 heteroatoms. The van der Waals surface area contributed by atoms with Crippen LogP contribution in [-0.4, -0.2) is 54.1 Å². The molecule has 2 unspecified atom stereocenters. The van der Waals surface area contributed by atoms with Gasteiger partial charge in [0, 0.05) is 42.1 Å². The molecule has 2 atom stereocenters. The van der Waals surface area contributed by atoms with Crippen molar-refractivity contribution in [2.24, 2.45) is 5.92 Å². The third kappa shape index (κ3) is 2.70. The SMILES string of the molecule is CC1C(NC(=O)c2cc3c(N4CCCC4)csc3cn2)C2CCN1CC2. The van der Waals surface area contributed by atoms with Crippen LogP contribution < -0.4 is 10.2 Å². The van der Waals surface area contributed by atoms with Crippen molar-refractivity contribution in [3.05, 3.63) is 23.3 Å². The largest absolute Gasteiger partial charge is 0.370 e. The van der Waals surface area contributed by atoms with Crippen LogP contribution in [0.5, 0.6) is 0 Å². The molecule has 138 valence electrons. The number of aromatic nitrogens is 1. The highest BCUT2D eigenvalue weighted by atomic mass is 32.1. The van der Waals surface area contributed by atoms with Crippen LogP contribution in [0, 0.1) is 5.92 Å². The summed E-state index contributed by atoms with van der Waals surface area (Å²) in [6.45, 7) is 6.84. The average Bonchev–Trinajstić information content (AvgIpc) is 3.33. The predicted molar refractivity (Wildman–Crippen MR) is 106 cm³/mol. The van der Waals surface area contributed by atoms with E-state index < -0.39 is 0 Å². The van der Waals surface area contributed by atoms with Crippen molar-refractivity contribution in [3.63, 3.8) is 0 Å². The van der Waals surface area contributed by atoms with Gasteiger partial charge in [-0.25, -0.2) is 4.98 Å². The number of amides is 1. The molecule has 4 fully saturated rings. The van der Waals surface area contributed by atoms with Crippen molar-refractivity contribution in [2.45, 2.75) is 44.7 Å². The molecule has 1 N–H and O–H groups in total. The van der Waals surface area contributed by atoms with E-state index in [9.17, 15) is 4.79 Å². The van der Waals surface area contributed by atoms with Crippen LogP contribution in [0.4, 0.5) is 5.69 Å². The summed E-state index contributed by atoms with van der Waals surface area (Å²) in [6, 6.07) is 2.68. The quantitative estimate of drug-likeness (QED) is 0.902. The molecule has 4 aliphatic rings. The maximum absolute atomic E-state index is 12.9. The summed E-state index contributed by atoms with van der Waals surface area (Å²) in [7, 11) is 0. The van der Waals surface area contributed by atoms with Gasteiger partial charge in [0.2, 0.25) is 0 Å². The molecule has 0 saturated carbocycles. The molecule has 4 aliphatic heterocycles. The Bertz CT molecular complexity index is 818. The first kappa shape index (κ1) is 16.5. The second-order valence-corrected chi connectivity index (χ2v) is 8.91. The molecule has 4 saturated heterocycles. The number of anilines is 1. The van der Waals surface area contributed by atoms with E-state index in [4.69, 9.17) is 0 Å². The lowest BCUT2D eigenvalue weighted by atomic mass is 9.79. The summed E-state index contributed by atoms with van der Waals surface area (Å²) in [5, 5.41) is 6.71.